The molecule has 1 aliphatic heterocycles. The lowest BCUT2D eigenvalue weighted by Crippen LogP contribution is -2.29. The topological polar surface area (TPSA) is 103 Å². The van der Waals surface area contributed by atoms with E-state index in [1.165, 1.54) is 19.2 Å². The van der Waals surface area contributed by atoms with Gasteiger partial charge in [-0.1, -0.05) is 6.07 Å². The van der Waals surface area contributed by atoms with Gasteiger partial charge in [0.25, 0.3) is 5.69 Å². The molecule has 3 heterocycles. The maximum Gasteiger partial charge on any atom is 0.273 e. The van der Waals surface area contributed by atoms with Gasteiger partial charge in [0.15, 0.2) is 5.11 Å². The third kappa shape index (κ3) is 4.90. The molecule has 1 aliphatic rings. The van der Waals surface area contributed by atoms with Crippen molar-refractivity contribution >= 4 is 28.7 Å². The molecule has 10 heteroatoms. The number of furan rings is 1. The van der Waals surface area contributed by atoms with Crippen LogP contribution in [0.2, 0.25) is 0 Å². The first-order chi connectivity index (χ1) is 18.4. The van der Waals surface area contributed by atoms with Gasteiger partial charge >= 0.3 is 0 Å². The smallest absolute Gasteiger partial charge is 0.273 e. The molecule has 0 unspecified atom stereocenters. The fourth-order valence-corrected chi connectivity index (χ4v) is 4.88. The molecule has 0 amide bonds. The highest BCUT2D eigenvalue weighted by atomic mass is 32.1. The molecule has 0 radical (unpaired) electrons. The quantitative estimate of drug-likeness (QED) is 0.161. The fourth-order valence-electron chi connectivity index (χ4n) is 4.53. The number of hydrogen-bond donors (Lipinski definition) is 1. The number of nitro benzene ring substituents is 1. The summed E-state index contributed by atoms with van der Waals surface area (Å²) in [7, 11) is 1.47. The minimum absolute atomic E-state index is 0.0611. The number of anilines is 1. The molecule has 1 saturated heterocycles. The Morgan fingerprint density at radius 1 is 1.11 bits per heavy atom. The van der Waals surface area contributed by atoms with Crippen LogP contribution in [0.15, 0.2) is 83.4 Å². The summed E-state index contributed by atoms with van der Waals surface area (Å²) in [6, 6.07) is 21.0. The van der Waals surface area contributed by atoms with Crippen molar-refractivity contribution in [2.24, 2.45) is 0 Å². The Kier molecular flexibility index (Phi) is 6.97. The van der Waals surface area contributed by atoms with E-state index in [9.17, 15) is 10.1 Å². The van der Waals surface area contributed by atoms with E-state index in [4.69, 9.17) is 26.1 Å². The number of pyridine rings is 1. The zero-order valence-corrected chi connectivity index (χ0v) is 21.8. The van der Waals surface area contributed by atoms with Gasteiger partial charge in [-0.25, -0.2) is 0 Å². The number of nitro groups is 1. The Morgan fingerprint density at radius 3 is 2.55 bits per heavy atom. The summed E-state index contributed by atoms with van der Waals surface area (Å²) >= 11 is 5.79. The van der Waals surface area contributed by atoms with Crippen molar-refractivity contribution in [2.45, 2.75) is 32.0 Å². The third-order valence-electron chi connectivity index (χ3n) is 6.16. The van der Waals surface area contributed by atoms with E-state index in [1.54, 1.807) is 12.3 Å². The number of ether oxygens (including phenoxy) is 2. The molecule has 194 valence electrons. The Hall–Kier alpha value is -4.44. The van der Waals surface area contributed by atoms with Crippen LogP contribution in [0.3, 0.4) is 0 Å². The summed E-state index contributed by atoms with van der Waals surface area (Å²) in [6.45, 7) is 3.96. The third-order valence-corrected chi connectivity index (χ3v) is 6.48. The highest BCUT2D eigenvalue weighted by Gasteiger charge is 2.42. The van der Waals surface area contributed by atoms with Crippen LogP contribution in [0.1, 0.15) is 37.4 Å². The van der Waals surface area contributed by atoms with Crippen molar-refractivity contribution in [3.8, 4) is 22.8 Å². The van der Waals surface area contributed by atoms with Crippen LogP contribution < -0.4 is 19.7 Å². The number of benzene rings is 2. The molecule has 0 saturated carbocycles. The SMILES string of the molecule is COc1cc([N+](=O)[O-])ccc1-c1ccc([C@H]2[C@@H](c3ccccn3)NC(=S)N2c2ccc(OC(C)C)cc2)o1. The number of nitrogens with zero attached hydrogens (tertiary/aromatic N) is 3. The first kappa shape index (κ1) is 25.2. The van der Waals surface area contributed by atoms with Crippen LogP contribution >= 0.6 is 12.2 Å². The minimum atomic E-state index is -0.460. The summed E-state index contributed by atoms with van der Waals surface area (Å²) in [5, 5.41) is 15.2. The fraction of sp³-hybridized carbons (Fsp3) is 0.214. The molecule has 2 aromatic carbocycles. The molecule has 2 atom stereocenters. The molecule has 38 heavy (non-hydrogen) atoms. The zero-order chi connectivity index (χ0) is 26.8. The average Bonchev–Trinajstić information content (AvgIpc) is 3.53. The van der Waals surface area contributed by atoms with Gasteiger partial charge in [-0.15, -0.1) is 0 Å². The standard InChI is InChI=1S/C28H26N4O5S/c1-17(2)36-20-10-7-18(8-11-20)31-27(26(30-28(31)38)22-6-4-5-15-29-22)24-14-13-23(37-24)21-12-9-19(32(33)34)16-25(21)35-3/h4-17,26-27H,1-3H3,(H,30,38)/t26-,27+/m1/s1. The molecule has 4 aromatic rings. The molecule has 1 fully saturated rings. The number of thiocarbonyl (C=S) groups is 1. The normalized spacial score (nSPS) is 16.9. The Labute approximate surface area is 225 Å². The van der Waals surface area contributed by atoms with Crippen LogP contribution in [-0.2, 0) is 0 Å². The number of nitrogens with one attached hydrogen (secondary N) is 1. The predicted molar refractivity (Wildman–Crippen MR) is 147 cm³/mol. The van der Waals surface area contributed by atoms with Gasteiger partial charge in [0.2, 0.25) is 0 Å². The van der Waals surface area contributed by atoms with Gasteiger partial charge in [-0.2, -0.15) is 0 Å². The maximum absolute atomic E-state index is 11.2. The number of rotatable bonds is 8. The van der Waals surface area contributed by atoms with Crippen molar-refractivity contribution in [1.82, 2.24) is 10.3 Å². The van der Waals surface area contributed by atoms with Crippen molar-refractivity contribution in [3.05, 3.63) is 101 Å². The Balaban J connectivity index is 1.56. The second-order valence-corrected chi connectivity index (χ2v) is 9.39. The lowest BCUT2D eigenvalue weighted by atomic mass is 10.0. The van der Waals surface area contributed by atoms with Gasteiger partial charge in [0, 0.05) is 18.0 Å². The molecule has 1 N–H and O–H groups in total. The summed E-state index contributed by atoms with van der Waals surface area (Å²) in [6.07, 6.45) is 1.81. The summed E-state index contributed by atoms with van der Waals surface area (Å²) in [5.74, 6) is 2.28. The molecule has 5 rings (SSSR count). The first-order valence-electron chi connectivity index (χ1n) is 12.1. The lowest BCUT2D eigenvalue weighted by molar-refractivity contribution is -0.384. The molecule has 0 bridgehead atoms. The maximum atomic E-state index is 11.2. The van der Waals surface area contributed by atoms with Gasteiger partial charge in [-0.3, -0.25) is 15.1 Å². The van der Waals surface area contributed by atoms with Crippen molar-refractivity contribution < 1.29 is 18.8 Å². The van der Waals surface area contributed by atoms with E-state index < -0.39 is 4.92 Å². The summed E-state index contributed by atoms with van der Waals surface area (Å²) in [4.78, 5) is 17.3. The van der Waals surface area contributed by atoms with Gasteiger partial charge in [0.05, 0.1) is 41.5 Å². The monoisotopic (exact) mass is 530 g/mol. The van der Waals surface area contributed by atoms with Crippen LogP contribution in [0.5, 0.6) is 11.5 Å². The van der Waals surface area contributed by atoms with Gasteiger partial charge in [-0.05, 0) is 80.7 Å². The lowest BCUT2D eigenvalue weighted by Gasteiger charge is -2.26. The van der Waals surface area contributed by atoms with Crippen LogP contribution in [0, 0.1) is 10.1 Å². The largest absolute Gasteiger partial charge is 0.496 e. The Morgan fingerprint density at radius 2 is 1.89 bits per heavy atom. The highest BCUT2D eigenvalue weighted by Crippen LogP contribution is 2.44. The van der Waals surface area contributed by atoms with Crippen LogP contribution in [-0.4, -0.2) is 28.2 Å². The number of methoxy groups -OCH3 is 1. The van der Waals surface area contributed by atoms with E-state index in [-0.39, 0.29) is 23.9 Å². The second kappa shape index (κ2) is 10.5. The van der Waals surface area contributed by atoms with Gasteiger partial charge in [0.1, 0.15) is 29.1 Å². The van der Waals surface area contributed by atoms with Crippen molar-refractivity contribution in [3.63, 3.8) is 0 Å². The highest BCUT2D eigenvalue weighted by molar-refractivity contribution is 7.80. The van der Waals surface area contributed by atoms with Crippen molar-refractivity contribution in [1.29, 1.82) is 0 Å². The van der Waals surface area contributed by atoms with Crippen LogP contribution in [0.4, 0.5) is 11.4 Å². The Bertz CT molecular complexity index is 1460. The van der Waals surface area contributed by atoms with Crippen LogP contribution in [0.25, 0.3) is 11.3 Å². The second-order valence-electron chi connectivity index (χ2n) is 9.00. The van der Waals surface area contributed by atoms with E-state index in [2.05, 4.69) is 10.3 Å². The number of non-ortho nitro benzene ring substituents is 1. The first-order valence-corrected chi connectivity index (χ1v) is 12.5. The van der Waals surface area contributed by atoms with E-state index >= 15 is 0 Å². The summed E-state index contributed by atoms with van der Waals surface area (Å²) in [5.41, 5.74) is 2.23. The van der Waals surface area contributed by atoms with E-state index in [0.29, 0.717) is 27.9 Å². The van der Waals surface area contributed by atoms with Crippen molar-refractivity contribution in [2.75, 3.05) is 12.0 Å². The molecule has 0 aliphatic carbocycles. The summed E-state index contributed by atoms with van der Waals surface area (Å²) < 4.78 is 17.6. The molecule has 0 spiro atoms. The molecule has 2 aromatic heterocycles. The molecular formula is C28H26N4O5S. The predicted octanol–water partition coefficient (Wildman–Crippen LogP) is 6.22. The van der Waals surface area contributed by atoms with E-state index in [0.717, 1.165) is 17.1 Å². The average molecular weight is 531 g/mol. The van der Waals surface area contributed by atoms with E-state index in [1.807, 2.05) is 73.3 Å². The molecular weight excluding hydrogens is 504 g/mol. The van der Waals surface area contributed by atoms with Gasteiger partial charge < -0.3 is 24.1 Å². The zero-order valence-electron chi connectivity index (χ0n) is 21.0. The number of hydrogen-bond acceptors (Lipinski definition) is 7. The number of aromatic nitrogens is 1. The molecule has 9 nitrogen and oxygen atoms in total. The minimum Gasteiger partial charge on any atom is -0.496 e.